The van der Waals surface area contributed by atoms with Crippen LogP contribution in [0.4, 0.5) is 13.2 Å². The maximum Gasteiger partial charge on any atom is 0.573 e. The summed E-state index contributed by atoms with van der Waals surface area (Å²) < 4.78 is 50.6. The van der Waals surface area contributed by atoms with E-state index in [9.17, 15) is 18.0 Å². The van der Waals surface area contributed by atoms with E-state index in [0.717, 1.165) is 12.1 Å². The molecule has 0 heterocycles. The van der Waals surface area contributed by atoms with Gasteiger partial charge >= 0.3 is 12.3 Å². The Bertz CT molecular complexity index is 549. The van der Waals surface area contributed by atoms with Crippen molar-refractivity contribution in [2.24, 2.45) is 11.1 Å². The molecule has 0 aliphatic carbocycles. The molecular formula is C14H19ClF3NO4. The quantitative estimate of drug-likeness (QED) is 0.819. The number of nitrogens with two attached hydrogens (primary N) is 1. The van der Waals surface area contributed by atoms with Crippen LogP contribution < -0.4 is 15.2 Å². The van der Waals surface area contributed by atoms with Crippen LogP contribution >= 0.6 is 12.4 Å². The SMILES string of the molecule is COC(=O)C(C)(C)[C@H](N)c1cc(OC(F)(F)F)ccc1OC.Cl. The number of alkyl halides is 3. The van der Waals surface area contributed by atoms with Crippen molar-refractivity contribution < 1.29 is 32.2 Å². The van der Waals surface area contributed by atoms with Gasteiger partial charge in [-0.2, -0.15) is 0 Å². The van der Waals surface area contributed by atoms with E-state index in [2.05, 4.69) is 9.47 Å². The average Bonchev–Trinajstić information content (AvgIpc) is 2.43. The van der Waals surface area contributed by atoms with Crippen LogP contribution in [0.3, 0.4) is 0 Å². The number of benzene rings is 1. The Kier molecular flexibility index (Phi) is 7.18. The zero-order valence-electron chi connectivity index (χ0n) is 13.1. The van der Waals surface area contributed by atoms with Crippen molar-refractivity contribution in [3.8, 4) is 11.5 Å². The van der Waals surface area contributed by atoms with E-state index >= 15 is 0 Å². The maximum atomic E-state index is 12.3. The summed E-state index contributed by atoms with van der Waals surface area (Å²) in [4.78, 5) is 11.8. The lowest BCUT2D eigenvalue weighted by Crippen LogP contribution is -2.37. The molecule has 1 aromatic carbocycles. The van der Waals surface area contributed by atoms with Gasteiger partial charge in [-0.3, -0.25) is 4.79 Å². The molecule has 23 heavy (non-hydrogen) atoms. The van der Waals surface area contributed by atoms with Crippen LogP contribution in [-0.2, 0) is 9.53 Å². The van der Waals surface area contributed by atoms with Crippen LogP contribution in [0.1, 0.15) is 25.5 Å². The zero-order chi connectivity index (χ0) is 17.1. The number of rotatable bonds is 5. The molecule has 9 heteroatoms. The lowest BCUT2D eigenvalue weighted by molar-refractivity contribution is -0.274. The molecule has 2 N–H and O–H groups in total. The molecule has 132 valence electrons. The first-order chi connectivity index (χ1) is 10.0. The molecule has 0 spiro atoms. The fourth-order valence-electron chi connectivity index (χ4n) is 1.93. The number of hydrogen-bond acceptors (Lipinski definition) is 5. The van der Waals surface area contributed by atoms with Crippen LogP contribution in [0.5, 0.6) is 11.5 Å². The van der Waals surface area contributed by atoms with Gasteiger partial charge in [-0.05, 0) is 32.0 Å². The van der Waals surface area contributed by atoms with Crippen LogP contribution in [0.25, 0.3) is 0 Å². The monoisotopic (exact) mass is 357 g/mol. The predicted octanol–water partition coefficient (Wildman–Crippen LogP) is 3.21. The Morgan fingerprint density at radius 1 is 1.22 bits per heavy atom. The van der Waals surface area contributed by atoms with Crippen molar-refractivity contribution in [2.75, 3.05) is 14.2 Å². The van der Waals surface area contributed by atoms with Crippen molar-refractivity contribution in [3.63, 3.8) is 0 Å². The van der Waals surface area contributed by atoms with Crippen molar-refractivity contribution in [1.29, 1.82) is 0 Å². The van der Waals surface area contributed by atoms with Gasteiger partial charge in [-0.25, -0.2) is 0 Å². The Morgan fingerprint density at radius 3 is 2.22 bits per heavy atom. The minimum Gasteiger partial charge on any atom is -0.496 e. The van der Waals surface area contributed by atoms with Gasteiger partial charge in [-0.1, -0.05) is 0 Å². The van der Waals surface area contributed by atoms with Crippen LogP contribution in [0.15, 0.2) is 18.2 Å². The molecule has 0 saturated carbocycles. The molecule has 0 saturated heterocycles. The van der Waals surface area contributed by atoms with E-state index in [-0.39, 0.29) is 23.7 Å². The second kappa shape index (κ2) is 7.74. The highest BCUT2D eigenvalue weighted by Gasteiger charge is 2.39. The summed E-state index contributed by atoms with van der Waals surface area (Å²) >= 11 is 0. The zero-order valence-corrected chi connectivity index (χ0v) is 13.9. The van der Waals surface area contributed by atoms with Crippen molar-refractivity contribution >= 4 is 18.4 Å². The van der Waals surface area contributed by atoms with Gasteiger partial charge in [0.25, 0.3) is 0 Å². The van der Waals surface area contributed by atoms with Gasteiger partial charge in [0.1, 0.15) is 11.5 Å². The molecular weight excluding hydrogens is 339 g/mol. The van der Waals surface area contributed by atoms with Crippen LogP contribution in [0.2, 0.25) is 0 Å². The normalized spacial score (nSPS) is 12.9. The second-order valence-corrected chi connectivity index (χ2v) is 5.14. The number of carbonyl (C=O) groups excluding carboxylic acids is 1. The second-order valence-electron chi connectivity index (χ2n) is 5.14. The number of methoxy groups -OCH3 is 2. The highest BCUT2D eigenvalue weighted by Crippen LogP contribution is 2.39. The lowest BCUT2D eigenvalue weighted by atomic mass is 9.80. The van der Waals surface area contributed by atoms with E-state index in [1.807, 2.05) is 0 Å². The van der Waals surface area contributed by atoms with Gasteiger partial charge < -0.3 is 19.9 Å². The first-order valence-corrected chi connectivity index (χ1v) is 6.30. The Morgan fingerprint density at radius 2 is 1.78 bits per heavy atom. The van der Waals surface area contributed by atoms with Crippen molar-refractivity contribution in [1.82, 2.24) is 0 Å². The Labute approximate surface area is 138 Å². The topological polar surface area (TPSA) is 70.8 Å². The Hall–Kier alpha value is -1.67. The third kappa shape index (κ3) is 5.18. The first kappa shape index (κ1) is 21.3. The first-order valence-electron chi connectivity index (χ1n) is 6.30. The van der Waals surface area contributed by atoms with Gasteiger partial charge in [0.05, 0.1) is 19.6 Å². The molecule has 1 rings (SSSR count). The number of esters is 1. The summed E-state index contributed by atoms with van der Waals surface area (Å²) in [5, 5.41) is 0. The molecule has 0 aliphatic heterocycles. The molecule has 0 unspecified atom stereocenters. The molecule has 5 nitrogen and oxygen atoms in total. The van der Waals surface area contributed by atoms with E-state index in [1.54, 1.807) is 0 Å². The minimum absolute atomic E-state index is 0. The molecule has 0 radical (unpaired) electrons. The lowest BCUT2D eigenvalue weighted by Gasteiger charge is -2.30. The van der Waals surface area contributed by atoms with Gasteiger partial charge in [0.2, 0.25) is 0 Å². The summed E-state index contributed by atoms with van der Waals surface area (Å²) in [5.41, 5.74) is 5.08. The summed E-state index contributed by atoms with van der Waals surface area (Å²) in [7, 11) is 2.55. The number of ether oxygens (including phenoxy) is 3. The third-order valence-corrected chi connectivity index (χ3v) is 3.26. The average molecular weight is 358 g/mol. The number of halogens is 4. The largest absolute Gasteiger partial charge is 0.573 e. The molecule has 0 amide bonds. The van der Waals surface area contributed by atoms with Gasteiger partial charge in [0.15, 0.2) is 0 Å². The molecule has 0 bridgehead atoms. The molecule has 0 fully saturated rings. The van der Waals surface area contributed by atoms with Crippen molar-refractivity contribution in [2.45, 2.75) is 26.3 Å². The maximum absolute atomic E-state index is 12.3. The Balaban J connectivity index is 0.00000484. The summed E-state index contributed by atoms with van der Waals surface area (Å²) in [6, 6.07) is 2.55. The highest BCUT2D eigenvalue weighted by atomic mass is 35.5. The molecule has 1 aromatic rings. The van der Waals surface area contributed by atoms with Crippen LogP contribution in [-0.4, -0.2) is 26.6 Å². The standard InChI is InChI=1S/C14H18F3NO4.ClH/c1-13(2,12(19)21-4)11(18)9-7-8(22-14(15,16)17)5-6-10(9)20-3;/h5-7,11H,18H2,1-4H3;1H/t11-;/m1./s1. The summed E-state index contributed by atoms with van der Waals surface area (Å²) in [6.07, 6.45) is -4.83. The highest BCUT2D eigenvalue weighted by molar-refractivity contribution is 5.85. The molecule has 0 aromatic heterocycles. The van der Waals surface area contributed by atoms with E-state index in [1.165, 1.54) is 34.1 Å². The van der Waals surface area contributed by atoms with Crippen molar-refractivity contribution in [3.05, 3.63) is 23.8 Å². The fraction of sp³-hybridized carbons (Fsp3) is 0.500. The predicted molar refractivity (Wildman–Crippen MR) is 79.7 cm³/mol. The summed E-state index contributed by atoms with van der Waals surface area (Å²) in [6.45, 7) is 3.06. The van der Waals surface area contributed by atoms with E-state index in [0.29, 0.717) is 0 Å². The summed E-state index contributed by atoms with van der Waals surface area (Å²) in [5.74, 6) is -0.789. The molecule has 1 atom stereocenters. The van der Waals surface area contributed by atoms with Gasteiger partial charge in [0, 0.05) is 11.6 Å². The fourth-order valence-corrected chi connectivity index (χ4v) is 1.93. The van der Waals surface area contributed by atoms with Crippen LogP contribution in [0, 0.1) is 5.41 Å². The van der Waals surface area contributed by atoms with E-state index in [4.69, 9.17) is 10.5 Å². The smallest absolute Gasteiger partial charge is 0.496 e. The van der Waals surface area contributed by atoms with Gasteiger partial charge in [-0.15, -0.1) is 25.6 Å². The number of carbonyl (C=O) groups is 1. The third-order valence-electron chi connectivity index (χ3n) is 3.26. The molecule has 0 aliphatic rings. The number of hydrogen-bond donors (Lipinski definition) is 1. The minimum atomic E-state index is -4.83. The van der Waals surface area contributed by atoms with E-state index < -0.39 is 29.5 Å².